The molecule has 102 valence electrons. The van der Waals surface area contributed by atoms with E-state index in [1.165, 1.54) is 11.8 Å². The molecule has 0 aliphatic carbocycles. The molecule has 1 N–H and O–H groups in total. The molecule has 0 radical (unpaired) electrons. The largest absolute Gasteiger partial charge is 0.463 e. The first-order valence-electron chi connectivity index (χ1n) is 6.55. The van der Waals surface area contributed by atoms with Crippen molar-refractivity contribution in [1.82, 2.24) is 0 Å². The van der Waals surface area contributed by atoms with Crippen LogP contribution in [0.15, 0.2) is 59.5 Å². The third kappa shape index (κ3) is 2.06. The highest BCUT2D eigenvalue weighted by molar-refractivity contribution is 8.01. The molecule has 4 heteroatoms. The van der Waals surface area contributed by atoms with Gasteiger partial charge in [0.25, 0.3) is 0 Å². The first kappa shape index (κ1) is 13.1. The van der Waals surface area contributed by atoms with Crippen molar-refractivity contribution in [2.45, 2.75) is 16.7 Å². The molecule has 20 heavy (non-hydrogen) atoms. The number of benzene rings is 2. The van der Waals surface area contributed by atoms with E-state index in [9.17, 15) is 4.79 Å². The minimum absolute atomic E-state index is 0.257. The minimum atomic E-state index is -0.888. The molecule has 0 fully saturated rings. The fourth-order valence-electron chi connectivity index (χ4n) is 2.29. The summed E-state index contributed by atoms with van der Waals surface area (Å²) in [5, 5.41) is 3.34. The summed E-state index contributed by atoms with van der Waals surface area (Å²) in [6.07, 6.45) is 0. The Morgan fingerprint density at radius 1 is 1.15 bits per heavy atom. The van der Waals surface area contributed by atoms with Gasteiger partial charge in [-0.3, -0.25) is 0 Å². The zero-order valence-corrected chi connectivity index (χ0v) is 11.9. The average Bonchev–Trinajstić information content (AvgIpc) is 2.89. The molecule has 0 saturated heterocycles. The van der Waals surface area contributed by atoms with Crippen LogP contribution in [0.3, 0.4) is 0 Å². The molecule has 2 aromatic rings. The molecular formula is C16H15NO2S. The van der Waals surface area contributed by atoms with Crippen LogP contribution < -0.4 is 5.32 Å². The van der Waals surface area contributed by atoms with Crippen LogP contribution in [-0.2, 0) is 14.4 Å². The first-order chi connectivity index (χ1) is 9.76. The zero-order chi connectivity index (χ0) is 14.0. The molecule has 1 aliphatic heterocycles. The van der Waals surface area contributed by atoms with Crippen molar-refractivity contribution in [3.8, 4) is 0 Å². The molecule has 0 spiro atoms. The molecule has 3 rings (SSSR count). The third-order valence-electron chi connectivity index (χ3n) is 3.20. The van der Waals surface area contributed by atoms with Gasteiger partial charge in [-0.2, -0.15) is 0 Å². The number of para-hydroxylation sites is 1. The van der Waals surface area contributed by atoms with Gasteiger partial charge < -0.3 is 10.1 Å². The maximum atomic E-state index is 12.5. The summed E-state index contributed by atoms with van der Waals surface area (Å²) >= 11 is 1.50. The second-order valence-electron chi connectivity index (χ2n) is 4.49. The van der Waals surface area contributed by atoms with Crippen molar-refractivity contribution in [2.75, 3.05) is 11.9 Å². The Morgan fingerprint density at radius 3 is 2.55 bits per heavy atom. The van der Waals surface area contributed by atoms with E-state index in [1.807, 2.05) is 61.5 Å². The molecule has 0 saturated carbocycles. The van der Waals surface area contributed by atoms with Crippen LogP contribution in [0, 0.1) is 0 Å². The summed E-state index contributed by atoms with van der Waals surface area (Å²) in [5.74, 6) is -0.257. The lowest BCUT2D eigenvalue weighted by atomic mass is 10.1. The lowest BCUT2D eigenvalue weighted by Gasteiger charge is -2.27. The molecule has 3 nitrogen and oxygen atoms in total. The van der Waals surface area contributed by atoms with Crippen LogP contribution in [0.5, 0.6) is 0 Å². The fraction of sp³-hybridized carbons (Fsp3) is 0.188. The number of anilines is 1. The summed E-state index contributed by atoms with van der Waals surface area (Å²) in [6.45, 7) is 2.19. The number of ether oxygens (including phenoxy) is 1. The standard InChI is InChI=1S/C16H15NO2S/c1-2-19-15(18)16(12-8-4-3-5-9-12)17-13-10-6-7-11-14(13)20-16/h3-11,17H,2H2,1H3/t16-/m1/s1. The number of carbonyl (C=O) groups excluding carboxylic acids is 1. The van der Waals surface area contributed by atoms with Crippen LogP contribution >= 0.6 is 11.8 Å². The minimum Gasteiger partial charge on any atom is -0.463 e. The lowest BCUT2D eigenvalue weighted by Crippen LogP contribution is -2.39. The van der Waals surface area contributed by atoms with Gasteiger partial charge in [0.05, 0.1) is 6.61 Å². The predicted molar refractivity (Wildman–Crippen MR) is 80.7 cm³/mol. The molecule has 1 heterocycles. The Kier molecular flexibility index (Phi) is 3.40. The number of thioether (sulfide) groups is 1. The molecule has 2 aromatic carbocycles. The summed E-state index contributed by atoms with van der Waals surface area (Å²) in [5.41, 5.74) is 1.87. The zero-order valence-electron chi connectivity index (χ0n) is 11.1. The van der Waals surface area contributed by atoms with Gasteiger partial charge in [-0.15, -0.1) is 0 Å². The van der Waals surface area contributed by atoms with Gasteiger partial charge in [0, 0.05) is 10.6 Å². The number of hydrogen-bond donors (Lipinski definition) is 1. The normalized spacial score (nSPS) is 20.1. The summed E-state index contributed by atoms with van der Waals surface area (Å²) < 4.78 is 5.29. The number of hydrogen-bond acceptors (Lipinski definition) is 4. The van der Waals surface area contributed by atoms with E-state index in [-0.39, 0.29) is 5.97 Å². The quantitative estimate of drug-likeness (QED) is 0.874. The maximum Gasteiger partial charge on any atom is 0.347 e. The highest BCUT2D eigenvalue weighted by atomic mass is 32.2. The molecular weight excluding hydrogens is 270 g/mol. The molecule has 0 amide bonds. The van der Waals surface area contributed by atoms with E-state index < -0.39 is 4.87 Å². The van der Waals surface area contributed by atoms with E-state index in [1.54, 1.807) is 0 Å². The fourth-order valence-corrected chi connectivity index (χ4v) is 3.55. The van der Waals surface area contributed by atoms with Crippen LogP contribution in [0.25, 0.3) is 0 Å². The van der Waals surface area contributed by atoms with Gasteiger partial charge in [0.2, 0.25) is 4.87 Å². The number of rotatable bonds is 3. The van der Waals surface area contributed by atoms with Gasteiger partial charge in [-0.05, 0) is 24.6 Å². The number of fused-ring (bicyclic) bond motifs is 1. The first-order valence-corrected chi connectivity index (χ1v) is 7.37. The monoisotopic (exact) mass is 285 g/mol. The van der Waals surface area contributed by atoms with Crippen molar-refractivity contribution in [2.24, 2.45) is 0 Å². The Bertz CT molecular complexity index is 602. The molecule has 1 atom stereocenters. The number of esters is 1. The Labute approximate surface area is 122 Å². The van der Waals surface area contributed by atoms with Crippen LogP contribution in [0.2, 0.25) is 0 Å². The second-order valence-corrected chi connectivity index (χ2v) is 5.75. The molecule has 0 unspecified atom stereocenters. The summed E-state index contributed by atoms with van der Waals surface area (Å²) in [6, 6.07) is 17.6. The average molecular weight is 285 g/mol. The van der Waals surface area contributed by atoms with E-state index in [2.05, 4.69) is 5.32 Å². The van der Waals surface area contributed by atoms with E-state index in [0.29, 0.717) is 6.61 Å². The van der Waals surface area contributed by atoms with Crippen molar-refractivity contribution >= 4 is 23.4 Å². The Morgan fingerprint density at radius 2 is 1.85 bits per heavy atom. The van der Waals surface area contributed by atoms with Crippen molar-refractivity contribution in [3.63, 3.8) is 0 Å². The topological polar surface area (TPSA) is 38.3 Å². The van der Waals surface area contributed by atoms with Gasteiger partial charge in [0.1, 0.15) is 0 Å². The van der Waals surface area contributed by atoms with Gasteiger partial charge in [0.15, 0.2) is 0 Å². The Balaban J connectivity index is 2.06. The molecule has 0 bridgehead atoms. The SMILES string of the molecule is CCOC(=O)[C@]1(c2ccccc2)Nc2ccccc2S1. The van der Waals surface area contributed by atoms with Crippen molar-refractivity contribution in [3.05, 3.63) is 60.2 Å². The van der Waals surface area contributed by atoms with Crippen LogP contribution in [-0.4, -0.2) is 12.6 Å². The van der Waals surface area contributed by atoms with Gasteiger partial charge in [-0.1, -0.05) is 54.2 Å². The Hall–Kier alpha value is -1.94. The van der Waals surface area contributed by atoms with Gasteiger partial charge in [-0.25, -0.2) is 4.79 Å². The lowest BCUT2D eigenvalue weighted by molar-refractivity contribution is -0.145. The third-order valence-corrected chi connectivity index (χ3v) is 4.59. The van der Waals surface area contributed by atoms with Crippen LogP contribution in [0.4, 0.5) is 5.69 Å². The highest BCUT2D eigenvalue weighted by Crippen LogP contribution is 2.51. The van der Waals surface area contributed by atoms with Crippen LogP contribution in [0.1, 0.15) is 12.5 Å². The van der Waals surface area contributed by atoms with E-state index >= 15 is 0 Å². The summed E-state index contributed by atoms with van der Waals surface area (Å²) in [7, 11) is 0. The van der Waals surface area contributed by atoms with Gasteiger partial charge >= 0.3 is 5.97 Å². The predicted octanol–water partition coefficient (Wildman–Crippen LogP) is 3.62. The van der Waals surface area contributed by atoms with Crippen molar-refractivity contribution in [1.29, 1.82) is 0 Å². The van der Waals surface area contributed by atoms with E-state index in [0.717, 1.165) is 16.1 Å². The molecule has 1 aliphatic rings. The van der Waals surface area contributed by atoms with E-state index in [4.69, 9.17) is 4.74 Å². The maximum absolute atomic E-state index is 12.5. The number of nitrogens with one attached hydrogen (secondary N) is 1. The van der Waals surface area contributed by atoms with Crippen molar-refractivity contribution < 1.29 is 9.53 Å². The smallest absolute Gasteiger partial charge is 0.347 e. The highest BCUT2D eigenvalue weighted by Gasteiger charge is 2.47. The number of carbonyl (C=O) groups is 1. The molecule has 0 aromatic heterocycles. The summed E-state index contributed by atoms with van der Waals surface area (Å²) in [4.78, 5) is 12.7. The second kappa shape index (κ2) is 5.21.